The Balaban J connectivity index is 1.77. The first-order valence-corrected chi connectivity index (χ1v) is 9.62. The number of carbonyl (C=O) groups is 2. The Morgan fingerprint density at radius 2 is 2.11 bits per heavy atom. The van der Waals surface area contributed by atoms with Crippen molar-refractivity contribution in [2.24, 2.45) is 0 Å². The SMILES string of the molecule is CC1(C)Oc2ccc(C(=O)NO)cc2N(Cc2nc3cc(Cl)ccc3s2)C1=O. The molecule has 0 saturated carbocycles. The minimum absolute atomic E-state index is 0.207. The van der Waals surface area contributed by atoms with Gasteiger partial charge in [0.1, 0.15) is 10.8 Å². The van der Waals surface area contributed by atoms with Gasteiger partial charge in [0, 0.05) is 10.6 Å². The molecule has 0 aliphatic carbocycles. The van der Waals surface area contributed by atoms with Gasteiger partial charge in [-0.3, -0.25) is 19.7 Å². The van der Waals surface area contributed by atoms with E-state index < -0.39 is 11.5 Å². The fourth-order valence-electron chi connectivity index (χ4n) is 3.08. The molecule has 2 amide bonds. The van der Waals surface area contributed by atoms with Crippen LogP contribution in [-0.4, -0.2) is 27.6 Å². The van der Waals surface area contributed by atoms with Gasteiger partial charge in [0.2, 0.25) is 0 Å². The van der Waals surface area contributed by atoms with Crippen molar-refractivity contribution in [3.63, 3.8) is 0 Å². The van der Waals surface area contributed by atoms with Crippen molar-refractivity contribution >= 4 is 50.7 Å². The Morgan fingerprint density at radius 1 is 1.32 bits per heavy atom. The van der Waals surface area contributed by atoms with Gasteiger partial charge in [-0.05, 0) is 50.2 Å². The molecule has 9 heteroatoms. The first-order chi connectivity index (χ1) is 13.3. The number of rotatable bonds is 3. The molecular weight excluding hydrogens is 402 g/mol. The third-order valence-corrected chi connectivity index (χ3v) is 5.68. The van der Waals surface area contributed by atoms with E-state index >= 15 is 0 Å². The normalized spacial score (nSPS) is 15.3. The fraction of sp³-hybridized carbons (Fsp3) is 0.211. The average molecular weight is 418 g/mol. The molecule has 28 heavy (non-hydrogen) atoms. The van der Waals surface area contributed by atoms with Crippen molar-refractivity contribution in [3.8, 4) is 5.75 Å². The van der Waals surface area contributed by atoms with Gasteiger partial charge >= 0.3 is 0 Å². The monoisotopic (exact) mass is 417 g/mol. The van der Waals surface area contributed by atoms with Gasteiger partial charge in [-0.15, -0.1) is 11.3 Å². The lowest BCUT2D eigenvalue weighted by atomic mass is 10.0. The molecule has 0 radical (unpaired) electrons. The van der Waals surface area contributed by atoms with Crippen molar-refractivity contribution < 1.29 is 19.5 Å². The molecule has 0 spiro atoms. The van der Waals surface area contributed by atoms with Crippen LogP contribution in [0.1, 0.15) is 29.2 Å². The maximum absolute atomic E-state index is 13.0. The van der Waals surface area contributed by atoms with E-state index in [1.165, 1.54) is 23.5 Å². The number of thiazole rings is 1. The highest BCUT2D eigenvalue weighted by Crippen LogP contribution is 2.40. The summed E-state index contributed by atoms with van der Waals surface area (Å²) in [5.74, 6) is -0.447. The first kappa shape index (κ1) is 18.7. The number of hydrogen-bond acceptors (Lipinski definition) is 6. The largest absolute Gasteiger partial charge is 0.476 e. The standard InChI is InChI=1S/C19H16ClN3O4S/c1-19(2)18(25)23(9-16-21-12-8-11(20)4-6-15(12)28-16)13-7-10(17(24)22-26)3-5-14(13)27-19/h3-8,26H,9H2,1-2H3,(H,22,24). The number of nitrogens with zero attached hydrogens (tertiary/aromatic N) is 2. The Bertz CT molecular complexity index is 1110. The van der Waals surface area contributed by atoms with Crippen molar-refractivity contribution in [2.45, 2.75) is 26.0 Å². The molecule has 0 saturated heterocycles. The molecular formula is C19H16ClN3O4S. The lowest BCUT2D eigenvalue weighted by Crippen LogP contribution is -2.52. The maximum atomic E-state index is 13.0. The molecule has 0 fully saturated rings. The van der Waals surface area contributed by atoms with Crippen LogP contribution in [0.5, 0.6) is 5.75 Å². The highest BCUT2D eigenvalue weighted by molar-refractivity contribution is 7.18. The van der Waals surface area contributed by atoms with Crippen LogP contribution in [0.25, 0.3) is 10.2 Å². The minimum Gasteiger partial charge on any atom is -0.476 e. The number of benzene rings is 2. The molecule has 1 aliphatic heterocycles. The summed E-state index contributed by atoms with van der Waals surface area (Å²) in [6.45, 7) is 3.61. The second kappa shape index (κ2) is 6.73. The van der Waals surface area contributed by atoms with Crippen LogP contribution in [0, 0.1) is 0 Å². The van der Waals surface area contributed by atoms with Crippen LogP contribution in [-0.2, 0) is 11.3 Å². The Labute approximate surface area is 169 Å². The van der Waals surface area contributed by atoms with Gasteiger partial charge in [-0.1, -0.05) is 11.6 Å². The summed E-state index contributed by atoms with van der Waals surface area (Å²) in [6, 6.07) is 10.1. The summed E-state index contributed by atoms with van der Waals surface area (Å²) >= 11 is 7.50. The summed E-state index contributed by atoms with van der Waals surface area (Å²) in [4.78, 5) is 31.0. The van der Waals surface area contributed by atoms with Gasteiger partial charge in [-0.25, -0.2) is 10.5 Å². The molecule has 1 aromatic heterocycles. The molecule has 3 aromatic rings. The number of carbonyl (C=O) groups excluding carboxylic acids is 2. The van der Waals surface area contributed by atoms with Crippen LogP contribution in [0.4, 0.5) is 5.69 Å². The van der Waals surface area contributed by atoms with Crippen LogP contribution in [0.3, 0.4) is 0 Å². The van der Waals surface area contributed by atoms with Crippen molar-refractivity contribution in [1.82, 2.24) is 10.5 Å². The number of fused-ring (bicyclic) bond motifs is 2. The molecule has 4 rings (SSSR count). The average Bonchev–Trinajstić information content (AvgIpc) is 3.05. The number of hydroxylamine groups is 1. The zero-order valence-electron chi connectivity index (χ0n) is 15.0. The van der Waals surface area contributed by atoms with Crippen molar-refractivity contribution in [3.05, 3.63) is 52.0 Å². The molecule has 0 unspecified atom stereocenters. The van der Waals surface area contributed by atoms with Crippen molar-refractivity contribution in [1.29, 1.82) is 0 Å². The van der Waals surface area contributed by atoms with E-state index in [-0.39, 0.29) is 18.0 Å². The van der Waals surface area contributed by atoms with Crippen LogP contribution in [0.15, 0.2) is 36.4 Å². The second-order valence-corrected chi connectivity index (χ2v) is 8.40. The topological polar surface area (TPSA) is 91.8 Å². The number of aromatic nitrogens is 1. The summed E-state index contributed by atoms with van der Waals surface area (Å²) in [7, 11) is 0. The van der Waals surface area contributed by atoms with E-state index in [9.17, 15) is 9.59 Å². The molecule has 0 bridgehead atoms. The van der Waals surface area contributed by atoms with Gasteiger partial charge in [0.25, 0.3) is 11.8 Å². The number of amides is 2. The van der Waals surface area contributed by atoms with E-state index in [1.54, 1.807) is 42.4 Å². The van der Waals surface area contributed by atoms with Gasteiger partial charge < -0.3 is 4.74 Å². The van der Waals surface area contributed by atoms with Gasteiger partial charge in [-0.2, -0.15) is 0 Å². The number of hydrogen-bond donors (Lipinski definition) is 2. The molecule has 1 aliphatic rings. The van der Waals surface area contributed by atoms with E-state index in [0.29, 0.717) is 16.5 Å². The van der Waals surface area contributed by atoms with E-state index in [2.05, 4.69) is 4.98 Å². The lowest BCUT2D eigenvalue weighted by molar-refractivity contribution is -0.132. The van der Waals surface area contributed by atoms with Crippen LogP contribution in [0.2, 0.25) is 5.02 Å². The second-order valence-electron chi connectivity index (χ2n) is 6.85. The third kappa shape index (κ3) is 3.19. The van der Waals surface area contributed by atoms with E-state index in [4.69, 9.17) is 21.5 Å². The predicted molar refractivity (Wildman–Crippen MR) is 106 cm³/mol. The highest BCUT2D eigenvalue weighted by atomic mass is 35.5. The summed E-state index contributed by atoms with van der Waals surface area (Å²) in [5.41, 5.74) is 1.95. The van der Waals surface area contributed by atoms with Gasteiger partial charge in [0.15, 0.2) is 5.60 Å². The molecule has 2 heterocycles. The molecule has 2 N–H and O–H groups in total. The molecule has 144 valence electrons. The fourth-order valence-corrected chi connectivity index (χ4v) is 4.18. The Morgan fingerprint density at radius 3 is 2.86 bits per heavy atom. The predicted octanol–water partition coefficient (Wildman–Crippen LogP) is 3.77. The zero-order chi connectivity index (χ0) is 20.1. The van der Waals surface area contributed by atoms with E-state index in [1.807, 2.05) is 6.07 Å². The number of ether oxygens (including phenoxy) is 1. The minimum atomic E-state index is -1.06. The van der Waals surface area contributed by atoms with Crippen LogP contribution >= 0.6 is 22.9 Å². The molecule has 7 nitrogen and oxygen atoms in total. The maximum Gasteiger partial charge on any atom is 0.274 e. The first-order valence-electron chi connectivity index (χ1n) is 8.43. The number of nitrogens with one attached hydrogen (secondary N) is 1. The van der Waals surface area contributed by atoms with Gasteiger partial charge in [0.05, 0.1) is 22.4 Å². The lowest BCUT2D eigenvalue weighted by Gasteiger charge is -2.38. The molecule has 0 atom stereocenters. The summed E-state index contributed by atoms with van der Waals surface area (Å²) in [5, 5.41) is 10.2. The Hall–Kier alpha value is -2.68. The summed E-state index contributed by atoms with van der Waals surface area (Å²) < 4.78 is 6.79. The summed E-state index contributed by atoms with van der Waals surface area (Å²) in [6.07, 6.45) is 0. The van der Waals surface area contributed by atoms with Crippen LogP contribution < -0.4 is 15.1 Å². The Kier molecular flexibility index (Phi) is 4.49. The quantitative estimate of drug-likeness (QED) is 0.500. The van der Waals surface area contributed by atoms with Crippen molar-refractivity contribution in [2.75, 3.05) is 4.90 Å². The number of halogens is 1. The zero-order valence-corrected chi connectivity index (χ0v) is 16.6. The molecule has 2 aromatic carbocycles. The van der Waals surface area contributed by atoms with E-state index in [0.717, 1.165) is 15.2 Å². The smallest absolute Gasteiger partial charge is 0.274 e. The third-order valence-electron chi connectivity index (χ3n) is 4.43. The number of anilines is 1. The highest BCUT2D eigenvalue weighted by Gasteiger charge is 2.41.